The molecule has 0 radical (unpaired) electrons. The number of anilines is 1. The molecule has 0 aliphatic carbocycles. The van der Waals surface area contributed by atoms with Crippen molar-refractivity contribution in [1.29, 1.82) is 0 Å². The topological polar surface area (TPSA) is 76.2 Å². The first-order valence-corrected chi connectivity index (χ1v) is 14.0. The molecule has 1 unspecified atom stereocenters. The lowest BCUT2D eigenvalue weighted by Crippen LogP contribution is -2.38. The second-order valence-electron chi connectivity index (χ2n) is 10.4. The normalized spacial score (nSPS) is 21.1. The molecule has 9 heteroatoms. The van der Waals surface area contributed by atoms with Crippen LogP contribution in [0.1, 0.15) is 62.0 Å². The van der Waals surface area contributed by atoms with Gasteiger partial charge in [0.15, 0.2) is 5.82 Å². The van der Waals surface area contributed by atoms with Gasteiger partial charge in [-0.1, -0.05) is 37.2 Å². The van der Waals surface area contributed by atoms with Gasteiger partial charge in [-0.15, -0.1) is 0 Å². The lowest BCUT2D eigenvalue weighted by molar-refractivity contribution is 0.126. The third-order valence-corrected chi connectivity index (χ3v) is 8.59. The van der Waals surface area contributed by atoms with Crippen LogP contribution in [0, 0.1) is 12.8 Å². The van der Waals surface area contributed by atoms with Crippen molar-refractivity contribution < 1.29 is 14.0 Å². The maximum absolute atomic E-state index is 6.41. The van der Waals surface area contributed by atoms with Crippen molar-refractivity contribution in [3.8, 4) is 0 Å². The van der Waals surface area contributed by atoms with Crippen LogP contribution in [-0.2, 0) is 16.1 Å². The smallest absolute Gasteiger partial charge is 0.324 e. The Hall–Kier alpha value is -2.78. The highest BCUT2D eigenvalue weighted by Crippen LogP contribution is 2.41. The van der Waals surface area contributed by atoms with Gasteiger partial charge in [-0.2, -0.15) is 4.98 Å². The summed E-state index contributed by atoms with van der Waals surface area (Å²) < 4.78 is 17.2. The Morgan fingerprint density at radius 2 is 1.95 bits per heavy atom. The highest BCUT2D eigenvalue weighted by molar-refractivity contribution is 8.14. The molecule has 0 N–H and O–H groups in total. The van der Waals surface area contributed by atoms with E-state index in [2.05, 4.69) is 85.0 Å². The summed E-state index contributed by atoms with van der Waals surface area (Å²) in [7, 11) is 3.87. The summed E-state index contributed by atoms with van der Waals surface area (Å²) in [5.74, 6) is 1.49. The summed E-state index contributed by atoms with van der Waals surface area (Å²) in [4.78, 5) is 13.9. The molecule has 1 aromatic carbocycles. The molecule has 3 aliphatic rings. The standard InChI is InChI=1S/C28H37N5O3S/c1-17(2)25-30-27(36-31-25)33-13-11-21(12-14-33)19(4)35-28-29-23-9-10-24(32(5)26(23)37-28)22-8-7-20(16-34-6)15-18(22)3/h7-10,15,17,19,21,26H,11-14,16H2,1-6H3/t19-,26?/m1/s1. The van der Waals surface area contributed by atoms with Gasteiger partial charge in [0.2, 0.25) is 0 Å². The average Bonchev–Trinajstić information content (AvgIpc) is 3.53. The number of likely N-dealkylation sites (N-methyl/N-ethyl adjacent to an activating group) is 1. The largest absolute Gasteiger partial charge is 0.469 e. The van der Waals surface area contributed by atoms with Crippen LogP contribution in [0.5, 0.6) is 0 Å². The summed E-state index contributed by atoms with van der Waals surface area (Å²) >= 11 is 1.69. The van der Waals surface area contributed by atoms with Crippen molar-refractivity contribution >= 4 is 28.7 Å². The zero-order valence-corrected chi connectivity index (χ0v) is 23.4. The molecule has 0 spiro atoms. The second kappa shape index (κ2) is 10.9. The SMILES string of the molecule is COCc1ccc(C2=CC=C3N=C(O[C@H](C)C4CCN(c5nc(C(C)C)no5)CC4)SC3N2C)c(C)c1. The number of methoxy groups -OCH3 is 1. The molecular weight excluding hydrogens is 486 g/mol. The Bertz CT molecular complexity index is 1210. The first-order valence-electron chi connectivity index (χ1n) is 13.1. The quantitative estimate of drug-likeness (QED) is 0.466. The molecule has 3 aliphatic heterocycles. The third-order valence-electron chi connectivity index (χ3n) is 7.42. The molecule has 2 aromatic rings. The molecule has 2 atom stereocenters. The van der Waals surface area contributed by atoms with Crippen LogP contribution in [0.4, 0.5) is 6.01 Å². The summed E-state index contributed by atoms with van der Waals surface area (Å²) in [6, 6.07) is 7.17. The number of hydrogen-bond donors (Lipinski definition) is 0. The number of nitrogens with zero attached hydrogens (tertiary/aromatic N) is 5. The van der Waals surface area contributed by atoms with Crippen LogP contribution < -0.4 is 4.90 Å². The molecule has 0 saturated carbocycles. The fraction of sp³-hybridized carbons (Fsp3) is 0.536. The van der Waals surface area contributed by atoms with Crippen molar-refractivity contribution in [2.45, 2.75) is 64.5 Å². The molecule has 37 heavy (non-hydrogen) atoms. The minimum Gasteiger partial charge on any atom is -0.469 e. The van der Waals surface area contributed by atoms with Crippen molar-refractivity contribution in [1.82, 2.24) is 15.0 Å². The summed E-state index contributed by atoms with van der Waals surface area (Å²) in [5.41, 5.74) is 5.89. The number of benzene rings is 1. The number of rotatable bonds is 7. The van der Waals surface area contributed by atoms with Gasteiger partial charge in [0.1, 0.15) is 11.5 Å². The highest BCUT2D eigenvalue weighted by Gasteiger charge is 2.35. The van der Waals surface area contributed by atoms with E-state index in [9.17, 15) is 0 Å². The van der Waals surface area contributed by atoms with Gasteiger partial charge in [0.25, 0.3) is 5.23 Å². The number of ether oxygens (including phenoxy) is 2. The number of aromatic nitrogens is 2. The number of allylic oxidation sites excluding steroid dienone is 2. The summed E-state index contributed by atoms with van der Waals surface area (Å²) in [5, 5.41) is 4.99. The van der Waals surface area contributed by atoms with Crippen molar-refractivity contribution in [3.63, 3.8) is 0 Å². The second-order valence-corrected chi connectivity index (χ2v) is 11.5. The Morgan fingerprint density at radius 1 is 1.16 bits per heavy atom. The average molecular weight is 524 g/mol. The van der Waals surface area contributed by atoms with Crippen LogP contribution in [0.3, 0.4) is 0 Å². The van der Waals surface area contributed by atoms with E-state index in [0.717, 1.165) is 42.7 Å². The Kier molecular flexibility index (Phi) is 7.62. The minimum atomic E-state index is 0.0939. The highest BCUT2D eigenvalue weighted by atomic mass is 32.2. The van der Waals surface area contributed by atoms with E-state index >= 15 is 0 Å². The summed E-state index contributed by atoms with van der Waals surface area (Å²) in [6.07, 6.45) is 6.43. The lowest BCUT2D eigenvalue weighted by Gasteiger charge is -2.34. The van der Waals surface area contributed by atoms with Crippen molar-refractivity contribution in [2.75, 3.05) is 32.1 Å². The van der Waals surface area contributed by atoms with E-state index in [1.54, 1.807) is 18.9 Å². The van der Waals surface area contributed by atoms with Crippen LogP contribution in [-0.4, -0.2) is 59.0 Å². The van der Waals surface area contributed by atoms with E-state index in [1.165, 1.54) is 22.4 Å². The zero-order valence-electron chi connectivity index (χ0n) is 22.6. The minimum absolute atomic E-state index is 0.0939. The number of aryl methyl sites for hydroxylation is 1. The monoisotopic (exact) mass is 523 g/mol. The van der Waals surface area contributed by atoms with Gasteiger partial charge in [0, 0.05) is 44.4 Å². The van der Waals surface area contributed by atoms with Crippen LogP contribution >= 0.6 is 11.8 Å². The zero-order chi connectivity index (χ0) is 26.1. The predicted molar refractivity (Wildman–Crippen MR) is 148 cm³/mol. The van der Waals surface area contributed by atoms with E-state index in [0.29, 0.717) is 18.5 Å². The molecule has 1 fully saturated rings. The third kappa shape index (κ3) is 5.43. The van der Waals surface area contributed by atoms with Gasteiger partial charge >= 0.3 is 6.01 Å². The molecule has 0 amide bonds. The molecule has 1 aromatic heterocycles. The van der Waals surface area contributed by atoms with Gasteiger partial charge < -0.3 is 23.8 Å². The maximum Gasteiger partial charge on any atom is 0.324 e. The first kappa shape index (κ1) is 25.9. The van der Waals surface area contributed by atoms with Crippen LogP contribution in [0.25, 0.3) is 5.70 Å². The van der Waals surface area contributed by atoms with E-state index in [-0.39, 0.29) is 17.4 Å². The Labute approximate surface area is 223 Å². The fourth-order valence-electron chi connectivity index (χ4n) is 5.16. The van der Waals surface area contributed by atoms with E-state index < -0.39 is 0 Å². The number of piperidine rings is 1. The van der Waals surface area contributed by atoms with Gasteiger partial charge in [-0.05, 0) is 67.6 Å². The van der Waals surface area contributed by atoms with Crippen LogP contribution in [0.15, 0.2) is 45.6 Å². The lowest BCUT2D eigenvalue weighted by atomic mass is 9.92. The first-order chi connectivity index (χ1) is 17.8. The number of aliphatic imine (C=N–C) groups is 1. The fourth-order valence-corrected chi connectivity index (χ4v) is 6.24. The number of hydrogen-bond acceptors (Lipinski definition) is 9. The number of fused-ring (bicyclic) bond motifs is 1. The number of thioether (sulfide) groups is 1. The van der Waals surface area contributed by atoms with Gasteiger partial charge in [-0.25, -0.2) is 4.99 Å². The van der Waals surface area contributed by atoms with Gasteiger partial charge in [0.05, 0.1) is 12.3 Å². The Balaban J connectivity index is 1.18. The van der Waals surface area contributed by atoms with Crippen molar-refractivity contribution in [3.05, 3.63) is 58.6 Å². The summed E-state index contributed by atoms with van der Waals surface area (Å²) in [6.45, 7) is 10.9. The molecule has 198 valence electrons. The molecule has 0 bridgehead atoms. The van der Waals surface area contributed by atoms with Crippen molar-refractivity contribution in [2.24, 2.45) is 10.9 Å². The predicted octanol–water partition coefficient (Wildman–Crippen LogP) is 5.57. The van der Waals surface area contributed by atoms with Gasteiger partial charge in [-0.3, -0.25) is 0 Å². The molecule has 4 heterocycles. The molecule has 1 saturated heterocycles. The van der Waals surface area contributed by atoms with E-state index in [1.807, 2.05) is 0 Å². The van der Waals surface area contributed by atoms with Crippen LogP contribution in [0.2, 0.25) is 0 Å². The van der Waals surface area contributed by atoms with E-state index in [4.69, 9.17) is 19.0 Å². The Morgan fingerprint density at radius 3 is 2.62 bits per heavy atom. The molecule has 5 rings (SSSR count). The maximum atomic E-state index is 6.41. The molecular formula is C28H37N5O3S. The molecule has 8 nitrogen and oxygen atoms in total.